The summed E-state index contributed by atoms with van der Waals surface area (Å²) in [7, 11) is 0. The van der Waals surface area contributed by atoms with E-state index >= 15 is 0 Å². The van der Waals surface area contributed by atoms with Crippen molar-refractivity contribution in [2.45, 2.75) is 13.3 Å². The summed E-state index contributed by atoms with van der Waals surface area (Å²) in [6, 6.07) is 0. The number of nitrogens with one attached hydrogen (secondary N) is 1. The van der Waals surface area contributed by atoms with Gasteiger partial charge in [0.15, 0.2) is 5.69 Å². The Hall–Kier alpha value is -2.32. The average Bonchev–Trinajstić information content (AvgIpc) is 2.27. The summed E-state index contributed by atoms with van der Waals surface area (Å²) in [5, 5.41) is 10.6. The molecule has 1 aromatic rings. The molecule has 1 aromatic heterocycles. The van der Waals surface area contributed by atoms with Crippen molar-refractivity contribution in [1.82, 2.24) is 4.98 Å². The number of alkyl halides is 2. The maximum absolute atomic E-state index is 12.5. The lowest BCUT2D eigenvalue weighted by Crippen LogP contribution is -2.22. The number of ether oxygens (including phenoxy) is 1. The smallest absolute Gasteiger partial charge is 0.343 e. The second kappa shape index (κ2) is 5.34. The molecule has 0 aliphatic heterocycles. The lowest BCUT2D eigenvalue weighted by Gasteiger charge is -2.04. The number of hydrogen-bond donors (Lipinski definition) is 1. The first-order valence-electron chi connectivity index (χ1n) is 4.75. The monoisotopic (exact) mass is 262 g/mol. The van der Waals surface area contributed by atoms with Gasteiger partial charge >= 0.3 is 11.7 Å². The molecule has 0 spiro atoms. The molecule has 9 heteroatoms. The van der Waals surface area contributed by atoms with Crippen molar-refractivity contribution in [2.75, 3.05) is 6.61 Å². The fourth-order valence-corrected chi connectivity index (χ4v) is 1.24. The number of esters is 1. The largest absolute Gasteiger partial charge is 0.462 e. The van der Waals surface area contributed by atoms with Crippen molar-refractivity contribution in [3.63, 3.8) is 0 Å². The molecule has 7 nitrogen and oxygen atoms in total. The number of nitro groups is 1. The zero-order valence-corrected chi connectivity index (χ0v) is 9.11. The van der Waals surface area contributed by atoms with Crippen LogP contribution in [-0.2, 0) is 4.74 Å². The summed E-state index contributed by atoms with van der Waals surface area (Å²) in [6.07, 6.45) is -2.55. The van der Waals surface area contributed by atoms with E-state index in [1.54, 1.807) is 0 Å². The van der Waals surface area contributed by atoms with Crippen molar-refractivity contribution >= 4 is 11.7 Å². The zero-order valence-electron chi connectivity index (χ0n) is 9.11. The number of rotatable bonds is 4. The van der Waals surface area contributed by atoms with Crippen LogP contribution in [0.5, 0.6) is 0 Å². The van der Waals surface area contributed by atoms with Gasteiger partial charge in [-0.25, -0.2) is 13.6 Å². The standard InChI is InChI=1S/C9H8F2N2O5/c1-2-18-9(15)4-3-12-5(8(10)11)6(7(4)14)13(16)17/h3,8H,2H2,1H3,(H,12,14). The van der Waals surface area contributed by atoms with Gasteiger partial charge in [-0.05, 0) is 6.92 Å². The molecular weight excluding hydrogens is 254 g/mol. The number of nitrogens with zero attached hydrogens (tertiary/aromatic N) is 1. The highest BCUT2D eigenvalue weighted by Crippen LogP contribution is 2.23. The van der Waals surface area contributed by atoms with E-state index in [1.807, 2.05) is 4.98 Å². The van der Waals surface area contributed by atoms with E-state index in [2.05, 4.69) is 4.74 Å². The minimum absolute atomic E-state index is 0.0529. The van der Waals surface area contributed by atoms with Crippen LogP contribution in [0, 0.1) is 10.1 Å². The molecule has 18 heavy (non-hydrogen) atoms. The number of carbonyl (C=O) groups excluding carboxylic acids is 1. The number of aromatic nitrogens is 1. The topological polar surface area (TPSA) is 102 Å². The van der Waals surface area contributed by atoms with Crippen LogP contribution in [-0.4, -0.2) is 22.5 Å². The molecule has 1 rings (SSSR count). The summed E-state index contributed by atoms with van der Waals surface area (Å²) in [6.45, 7) is 1.41. The number of carbonyl (C=O) groups is 1. The quantitative estimate of drug-likeness (QED) is 0.502. The number of hydrogen-bond acceptors (Lipinski definition) is 5. The van der Waals surface area contributed by atoms with Gasteiger partial charge < -0.3 is 9.72 Å². The first-order valence-corrected chi connectivity index (χ1v) is 4.75. The molecule has 0 atom stereocenters. The summed E-state index contributed by atoms with van der Waals surface area (Å²) >= 11 is 0. The molecule has 0 aromatic carbocycles. The highest BCUT2D eigenvalue weighted by molar-refractivity contribution is 5.89. The van der Waals surface area contributed by atoms with Gasteiger partial charge in [-0.15, -0.1) is 0 Å². The van der Waals surface area contributed by atoms with Crippen LogP contribution >= 0.6 is 0 Å². The van der Waals surface area contributed by atoms with Gasteiger partial charge in [-0.2, -0.15) is 0 Å². The summed E-state index contributed by atoms with van der Waals surface area (Å²) in [5.41, 5.74) is -4.57. The molecule has 1 N–H and O–H groups in total. The van der Waals surface area contributed by atoms with E-state index < -0.39 is 39.7 Å². The maximum atomic E-state index is 12.5. The summed E-state index contributed by atoms with van der Waals surface area (Å²) in [5.74, 6) is -1.11. The minimum Gasteiger partial charge on any atom is -0.462 e. The van der Waals surface area contributed by atoms with E-state index in [0.717, 1.165) is 0 Å². The highest BCUT2D eigenvalue weighted by atomic mass is 19.3. The molecular formula is C9H8F2N2O5. The zero-order chi connectivity index (χ0) is 13.9. The van der Waals surface area contributed by atoms with E-state index in [0.29, 0.717) is 6.20 Å². The molecule has 0 saturated heterocycles. The van der Waals surface area contributed by atoms with Gasteiger partial charge in [0.1, 0.15) is 5.56 Å². The summed E-state index contributed by atoms with van der Waals surface area (Å²) < 4.78 is 29.4. The fraction of sp³-hybridized carbons (Fsp3) is 0.333. The van der Waals surface area contributed by atoms with Crippen molar-refractivity contribution in [1.29, 1.82) is 0 Å². The fourth-order valence-electron chi connectivity index (χ4n) is 1.24. The Morgan fingerprint density at radius 2 is 2.22 bits per heavy atom. The lowest BCUT2D eigenvalue weighted by atomic mass is 10.2. The molecule has 0 aliphatic carbocycles. The molecule has 0 saturated carbocycles. The third-order valence-corrected chi connectivity index (χ3v) is 1.98. The van der Waals surface area contributed by atoms with Gasteiger partial charge in [0.25, 0.3) is 11.9 Å². The Labute approximate surface area is 98.5 Å². The third kappa shape index (κ3) is 2.50. The molecule has 0 radical (unpaired) electrons. The molecule has 0 fully saturated rings. The van der Waals surface area contributed by atoms with Gasteiger partial charge in [0.05, 0.1) is 11.5 Å². The molecule has 0 bridgehead atoms. The van der Waals surface area contributed by atoms with E-state index in [1.165, 1.54) is 6.92 Å². The Bertz CT molecular complexity index is 540. The second-order valence-corrected chi connectivity index (χ2v) is 3.07. The average molecular weight is 262 g/mol. The predicted octanol–water partition coefficient (Wildman–Crippen LogP) is 1.40. The van der Waals surface area contributed by atoms with Gasteiger partial charge in [0, 0.05) is 6.20 Å². The SMILES string of the molecule is CCOC(=O)c1c[nH]c(C(F)F)c([N+](=O)[O-])c1=O. The molecule has 98 valence electrons. The van der Waals surface area contributed by atoms with Gasteiger partial charge in [-0.3, -0.25) is 14.9 Å². The highest BCUT2D eigenvalue weighted by Gasteiger charge is 2.30. The number of pyridine rings is 1. The Kier molecular flexibility index (Phi) is 4.08. The van der Waals surface area contributed by atoms with Crippen LogP contribution in [0.25, 0.3) is 0 Å². The van der Waals surface area contributed by atoms with Crippen molar-refractivity contribution in [2.24, 2.45) is 0 Å². The Morgan fingerprint density at radius 1 is 1.61 bits per heavy atom. The van der Waals surface area contributed by atoms with Crippen LogP contribution in [0.3, 0.4) is 0 Å². The van der Waals surface area contributed by atoms with Crippen molar-refractivity contribution in [3.8, 4) is 0 Å². The lowest BCUT2D eigenvalue weighted by molar-refractivity contribution is -0.387. The van der Waals surface area contributed by atoms with Gasteiger partial charge in [-0.1, -0.05) is 0 Å². The van der Waals surface area contributed by atoms with Crippen LogP contribution in [0.15, 0.2) is 11.0 Å². The Balaban J connectivity index is 3.45. The van der Waals surface area contributed by atoms with Crippen LogP contribution in [0.4, 0.5) is 14.5 Å². The second-order valence-electron chi connectivity index (χ2n) is 3.07. The molecule has 1 heterocycles. The molecule has 0 amide bonds. The number of aromatic amines is 1. The normalized spacial score (nSPS) is 10.4. The van der Waals surface area contributed by atoms with E-state index in [4.69, 9.17) is 0 Å². The number of halogens is 2. The first kappa shape index (κ1) is 13.7. The van der Waals surface area contributed by atoms with Crippen LogP contribution < -0.4 is 5.43 Å². The van der Waals surface area contributed by atoms with Crippen molar-refractivity contribution in [3.05, 3.63) is 37.8 Å². The van der Waals surface area contributed by atoms with Gasteiger partial charge in [0.2, 0.25) is 0 Å². The van der Waals surface area contributed by atoms with Crippen molar-refractivity contribution < 1.29 is 23.2 Å². The molecule has 0 aliphatic rings. The van der Waals surface area contributed by atoms with Crippen LogP contribution in [0.2, 0.25) is 0 Å². The first-order chi connectivity index (χ1) is 8.40. The predicted molar refractivity (Wildman–Crippen MR) is 54.6 cm³/mol. The van der Waals surface area contributed by atoms with E-state index in [9.17, 15) is 28.5 Å². The summed E-state index contributed by atoms with van der Waals surface area (Å²) in [4.78, 5) is 34.0. The van der Waals surface area contributed by atoms with Crippen LogP contribution in [0.1, 0.15) is 29.4 Å². The Morgan fingerprint density at radius 3 is 2.67 bits per heavy atom. The maximum Gasteiger partial charge on any atom is 0.343 e. The molecule has 0 unspecified atom stereocenters. The number of H-pyrrole nitrogens is 1. The van der Waals surface area contributed by atoms with E-state index in [-0.39, 0.29) is 6.61 Å². The third-order valence-electron chi connectivity index (χ3n) is 1.98. The minimum atomic E-state index is -3.23.